The molecule has 0 heterocycles. The summed E-state index contributed by atoms with van der Waals surface area (Å²) in [5, 5.41) is 4.94. The molecule has 2 aromatic carbocycles. The van der Waals surface area contributed by atoms with Crippen LogP contribution in [0, 0.1) is 11.6 Å². The van der Waals surface area contributed by atoms with Gasteiger partial charge in [-0.25, -0.2) is 13.6 Å². The molecule has 0 bridgehead atoms. The number of anilines is 2. The number of carbonyl (C=O) groups is 1. The zero-order valence-electron chi connectivity index (χ0n) is 17.3. The highest BCUT2D eigenvalue weighted by Crippen LogP contribution is 2.39. The average Bonchev–Trinajstić information content (AvgIpc) is 2.72. The highest BCUT2D eigenvalue weighted by molar-refractivity contribution is 6.00. The Morgan fingerprint density at radius 2 is 1.25 bits per heavy atom. The average molecular weight is 398 g/mol. The first-order valence-electron chi connectivity index (χ1n) is 8.81. The molecule has 0 radical (unpaired) electrons. The standard InChI is InChI=1S/C16H16F2N2O4.2C2H6/c1-22-13-7-10(8-14(23-2)15(13)24-3)20-16(21)19-9-4-5-11(17)12(18)6-9;2*1-2/h4-8H,1-3H3,(H2,19,20,21);2*1-2H3. The molecule has 0 atom stereocenters. The lowest BCUT2D eigenvalue weighted by molar-refractivity contribution is 0.262. The molecule has 2 N–H and O–H groups in total. The van der Waals surface area contributed by atoms with Gasteiger partial charge in [0.25, 0.3) is 0 Å². The lowest BCUT2D eigenvalue weighted by Gasteiger charge is -2.15. The molecule has 0 aliphatic carbocycles. The second-order valence-corrected chi connectivity index (χ2v) is 4.62. The molecule has 0 saturated heterocycles. The van der Waals surface area contributed by atoms with Crippen LogP contribution in [-0.4, -0.2) is 27.4 Å². The van der Waals surface area contributed by atoms with E-state index in [9.17, 15) is 13.6 Å². The fraction of sp³-hybridized carbons (Fsp3) is 0.350. The van der Waals surface area contributed by atoms with E-state index in [4.69, 9.17) is 14.2 Å². The number of ether oxygens (including phenoxy) is 3. The maximum Gasteiger partial charge on any atom is 0.323 e. The van der Waals surface area contributed by atoms with E-state index in [0.717, 1.165) is 12.1 Å². The Kier molecular flexibility index (Phi) is 11.8. The monoisotopic (exact) mass is 398 g/mol. The van der Waals surface area contributed by atoms with Gasteiger partial charge in [0.15, 0.2) is 23.1 Å². The van der Waals surface area contributed by atoms with Gasteiger partial charge < -0.3 is 24.8 Å². The number of rotatable bonds is 5. The van der Waals surface area contributed by atoms with Gasteiger partial charge in [0, 0.05) is 23.9 Å². The van der Waals surface area contributed by atoms with Crippen LogP contribution in [0.3, 0.4) is 0 Å². The molecule has 0 saturated carbocycles. The van der Waals surface area contributed by atoms with Crippen LogP contribution in [0.2, 0.25) is 0 Å². The Morgan fingerprint density at radius 1 is 0.750 bits per heavy atom. The zero-order chi connectivity index (χ0) is 21.7. The van der Waals surface area contributed by atoms with E-state index in [1.807, 2.05) is 27.7 Å². The minimum atomic E-state index is -1.06. The molecule has 0 aliphatic heterocycles. The number of urea groups is 1. The van der Waals surface area contributed by atoms with Gasteiger partial charge >= 0.3 is 6.03 Å². The maximum atomic E-state index is 13.1. The summed E-state index contributed by atoms with van der Waals surface area (Å²) >= 11 is 0. The number of hydrogen-bond acceptors (Lipinski definition) is 4. The fourth-order valence-electron chi connectivity index (χ4n) is 2.02. The van der Waals surface area contributed by atoms with E-state index >= 15 is 0 Å². The molecule has 0 aromatic heterocycles. The van der Waals surface area contributed by atoms with Crippen molar-refractivity contribution < 1.29 is 27.8 Å². The normalized spacial score (nSPS) is 9.04. The Morgan fingerprint density at radius 3 is 1.68 bits per heavy atom. The van der Waals surface area contributed by atoms with Gasteiger partial charge in [-0.2, -0.15) is 0 Å². The Balaban J connectivity index is 0.00000171. The Hall–Kier alpha value is -3.03. The van der Waals surface area contributed by atoms with E-state index in [1.165, 1.54) is 39.5 Å². The molecular weight excluding hydrogens is 370 g/mol. The summed E-state index contributed by atoms with van der Waals surface area (Å²) in [4.78, 5) is 12.0. The van der Waals surface area contributed by atoms with Crippen molar-refractivity contribution in [2.24, 2.45) is 0 Å². The second-order valence-electron chi connectivity index (χ2n) is 4.62. The van der Waals surface area contributed by atoms with Crippen molar-refractivity contribution >= 4 is 17.4 Å². The van der Waals surface area contributed by atoms with E-state index in [1.54, 1.807) is 0 Å². The quantitative estimate of drug-likeness (QED) is 0.679. The highest BCUT2D eigenvalue weighted by Gasteiger charge is 2.14. The van der Waals surface area contributed by atoms with Crippen molar-refractivity contribution in [1.82, 2.24) is 0 Å². The van der Waals surface area contributed by atoms with Crippen molar-refractivity contribution in [3.63, 3.8) is 0 Å². The third kappa shape index (κ3) is 6.94. The first-order valence-corrected chi connectivity index (χ1v) is 8.81. The molecule has 156 valence electrons. The van der Waals surface area contributed by atoms with Crippen LogP contribution in [0.5, 0.6) is 17.2 Å². The summed E-state index contributed by atoms with van der Waals surface area (Å²) in [6.07, 6.45) is 0. The first kappa shape index (κ1) is 25.0. The fourth-order valence-corrected chi connectivity index (χ4v) is 2.02. The minimum Gasteiger partial charge on any atom is -0.493 e. The number of amides is 2. The van der Waals surface area contributed by atoms with Crippen LogP contribution in [0.15, 0.2) is 30.3 Å². The van der Waals surface area contributed by atoms with Crippen LogP contribution in [0.1, 0.15) is 27.7 Å². The maximum absolute atomic E-state index is 13.1. The van der Waals surface area contributed by atoms with Crippen LogP contribution in [-0.2, 0) is 0 Å². The SMILES string of the molecule is CC.CC.COc1cc(NC(=O)Nc2ccc(F)c(F)c2)cc(OC)c1OC. The zero-order valence-corrected chi connectivity index (χ0v) is 17.3. The predicted molar refractivity (Wildman–Crippen MR) is 108 cm³/mol. The second kappa shape index (κ2) is 13.2. The molecule has 0 fully saturated rings. The summed E-state index contributed by atoms with van der Waals surface area (Å²) in [6, 6.07) is 5.47. The topological polar surface area (TPSA) is 68.8 Å². The van der Waals surface area contributed by atoms with Gasteiger partial charge in [0.2, 0.25) is 5.75 Å². The van der Waals surface area contributed by atoms with E-state index in [-0.39, 0.29) is 5.69 Å². The van der Waals surface area contributed by atoms with Gasteiger partial charge in [-0.3, -0.25) is 0 Å². The molecule has 0 aliphatic rings. The number of benzene rings is 2. The van der Waals surface area contributed by atoms with Gasteiger partial charge in [0.05, 0.1) is 27.0 Å². The molecule has 0 unspecified atom stereocenters. The van der Waals surface area contributed by atoms with Crippen molar-refractivity contribution in [2.75, 3.05) is 32.0 Å². The largest absolute Gasteiger partial charge is 0.493 e. The minimum absolute atomic E-state index is 0.110. The van der Waals surface area contributed by atoms with Gasteiger partial charge in [-0.1, -0.05) is 27.7 Å². The van der Waals surface area contributed by atoms with Crippen molar-refractivity contribution in [2.45, 2.75) is 27.7 Å². The van der Waals surface area contributed by atoms with E-state index in [2.05, 4.69) is 10.6 Å². The molecule has 28 heavy (non-hydrogen) atoms. The number of halogens is 2. The summed E-state index contributed by atoms with van der Waals surface area (Å²) in [5.74, 6) is -0.947. The van der Waals surface area contributed by atoms with Crippen LogP contribution >= 0.6 is 0 Å². The van der Waals surface area contributed by atoms with Crippen LogP contribution in [0.25, 0.3) is 0 Å². The highest BCUT2D eigenvalue weighted by atomic mass is 19.2. The van der Waals surface area contributed by atoms with Crippen molar-refractivity contribution in [1.29, 1.82) is 0 Å². The molecule has 0 spiro atoms. The molecular formula is C20H28F2N2O4. The molecule has 2 aromatic rings. The molecule has 2 amide bonds. The van der Waals surface area contributed by atoms with E-state index < -0.39 is 17.7 Å². The van der Waals surface area contributed by atoms with Gasteiger partial charge in [-0.05, 0) is 12.1 Å². The van der Waals surface area contributed by atoms with Gasteiger partial charge in [-0.15, -0.1) is 0 Å². The van der Waals surface area contributed by atoms with Crippen LogP contribution < -0.4 is 24.8 Å². The Bertz CT molecular complexity index is 730. The Labute approximate surface area is 164 Å². The third-order valence-corrected chi connectivity index (χ3v) is 3.10. The van der Waals surface area contributed by atoms with Crippen molar-refractivity contribution in [3.8, 4) is 17.2 Å². The first-order chi connectivity index (χ1) is 13.5. The number of methoxy groups -OCH3 is 3. The molecule has 2 rings (SSSR count). The molecule has 8 heteroatoms. The van der Waals surface area contributed by atoms with Crippen molar-refractivity contribution in [3.05, 3.63) is 42.0 Å². The summed E-state index contributed by atoms with van der Waals surface area (Å²) < 4.78 is 41.6. The smallest absolute Gasteiger partial charge is 0.323 e. The van der Waals surface area contributed by atoms with E-state index in [0.29, 0.717) is 22.9 Å². The lowest BCUT2D eigenvalue weighted by atomic mass is 10.2. The lowest BCUT2D eigenvalue weighted by Crippen LogP contribution is -2.19. The van der Waals surface area contributed by atoms with Gasteiger partial charge in [0.1, 0.15) is 0 Å². The van der Waals surface area contributed by atoms with Crippen LogP contribution in [0.4, 0.5) is 25.0 Å². The third-order valence-electron chi connectivity index (χ3n) is 3.10. The predicted octanol–water partition coefficient (Wildman–Crippen LogP) is 5.69. The summed E-state index contributed by atoms with van der Waals surface area (Å²) in [5.41, 5.74) is 0.475. The summed E-state index contributed by atoms with van der Waals surface area (Å²) in [7, 11) is 4.36. The number of carbonyl (C=O) groups excluding carboxylic acids is 1. The number of nitrogens with one attached hydrogen (secondary N) is 2. The molecule has 6 nitrogen and oxygen atoms in total. The summed E-state index contributed by atoms with van der Waals surface area (Å²) in [6.45, 7) is 8.00. The number of hydrogen-bond donors (Lipinski definition) is 2.